The average molecular weight is 275 g/mol. The Morgan fingerprint density at radius 2 is 2.20 bits per heavy atom. The van der Waals surface area contributed by atoms with Gasteiger partial charge in [-0.2, -0.15) is 0 Å². The van der Waals surface area contributed by atoms with Crippen LogP contribution in [0.15, 0.2) is 18.2 Å². The van der Waals surface area contributed by atoms with Crippen LogP contribution in [-0.4, -0.2) is 44.7 Å². The van der Waals surface area contributed by atoms with E-state index in [0.29, 0.717) is 6.04 Å². The van der Waals surface area contributed by atoms with Crippen molar-refractivity contribution in [2.45, 2.75) is 39.3 Å². The Kier molecular flexibility index (Phi) is 5.44. The second-order valence-electron chi connectivity index (χ2n) is 6.06. The number of rotatable bonds is 6. The number of benzene rings is 1. The summed E-state index contributed by atoms with van der Waals surface area (Å²) in [6, 6.07) is 7.55. The molecule has 1 aliphatic rings. The van der Waals surface area contributed by atoms with Crippen LogP contribution in [0.1, 0.15) is 30.9 Å². The highest BCUT2D eigenvalue weighted by Crippen LogP contribution is 2.23. The first kappa shape index (κ1) is 15.3. The van der Waals surface area contributed by atoms with E-state index >= 15 is 0 Å². The Morgan fingerprint density at radius 1 is 1.40 bits per heavy atom. The monoisotopic (exact) mass is 275 g/mol. The minimum atomic E-state index is 0.709. The topological polar surface area (TPSA) is 18.5 Å². The molecule has 1 N–H and O–H groups in total. The molecule has 0 amide bonds. The summed E-state index contributed by atoms with van der Waals surface area (Å²) in [4.78, 5) is 4.91. The number of aryl methyl sites for hydroxylation is 1. The third-order valence-electron chi connectivity index (χ3n) is 4.41. The van der Waals surface area contributed by atoms with Crippen LogP contribution in [0.4, 0.5) is 5.69 Å². The molecular formula is C17H29N3. The fourth-order valence-electron chi connectivity index (χ4n) is 3.15. The van der Waals surface area contributed by atoms with Crippen LogP contribution in [0, 0.1) is 6.92 Å². The highest BCUT2D eigenvalue weighted by Gasteiger charge is 2.22. The van der Waals surface area contributed by atoms with Gasteiger partial charge < -0.3 is 15.1 Å². The van der Waals surface area contributed by atoms with Gasteiger partial charge in [0, 0.05) is 31.9 Å². The van der Waals surface area contributed by atoms with Gasteiger partial charge in [0.1, 0.15) is 0 Å². The van der Waals surface area contributed by atoms with Crippen molar-refractivity contribution in [1.29, 1.82) is 0 Å². The van der Waals surface area contributed by atoms with E-state index in [9.17, 15) is 0 Å². The summed E-state index contributed by atoms with van der Waals surface area (Å²) in [5.41, 5.74) is 4.12. The summed E-state index contributed by atoms with van der Waals surface area (Å²) in [6.45, 7) is 8.73. The Morgan fingerprint density at radius 3 is 2.80 bits per heavy atom. The predicted octanol–water partition coefficient (Wildman–Crippen LogP) is 2.63. The molecule has 0 spiro atoms. The van der Waals surface area contributed by atoms with E-state index in [4.69, 9.17) is 0 Å². The molecule has 1 heterocycles. The van der Waals surface area contributed by atoms with E-state index in [1.807, 2.05) is 0 Å². The minimum Gasteiger partial charge on any atom is -0.373 e. The third-order valence-corrected chi connectivity index (χ3v) is 4.41. The predicted molar refractivity (Wildman–Crippen MR) is 87.5 cm³/mol. The van der Waals surface area contributed by atoms with Crippen molar-refractivity contribution in [2.24, 2.45) is 0 Å². The molecule has 0 aliphatic carbocycles. The van der Waals surface area contributed by atoms with Crippen LogP contribution in [0.25, 0.3) is 0 Å². The van der Waals surface area contributed by atoms with Gasteiger partial charge in [0.2, 0.25) is 0 Å². The van der Waals surface area contributed by atoms with Crippen molar-refractivity contribution >= 4 is 5.69 Å². The van der Waals surface area contributed by atoms with Crippen molar-refractivity contribution in [1.82, 2.24) is 10.2 Å². The number of nitrogens with zero attached hydrogens (tertiary/aromatic N) is 2. The van der Waals surface area contributed by atoms with Crippen LogP contribution in [0.5, 0.6) is 0 Å². The van der Waals surface area contributed by atoms with Crippen molar-refractivity contribution in [2.75, 3.05) is 38.6 Å². The molecule has 3 heteroatoms. The van der Waals surface area contributed by atoms with Crippen molar-refractivity contribution in [3.05, 3.63) is 29.3 Å². The lowest BCUT2D eigenvalue weighted by molar-refractivity contribution is 0.314. The van der Waals surface area contributed by atoms with E-state index in [0.717, 1.165) is 19.6 Å². The van der Waals surface area contributed by atoms with Gasteiger partial charge in [0.25, 0.3) is 0 Å². The van der Waals surface area contributed by atoms with Crippen molar-refractivity contribution in [3.8, 4) is 0 Å². The second-order valence-corrected chi connectivity index (χ2v) is 6.06. The summed E-state index contributed by atoms with van der Waals surface area (Å²) in [7, 11) is 4.47. The second kappa shape index (κ2) is 7.09. The van der Waals surface area contributed by atoms with Gasteiger partial charge in [0.15, 0.2) is 0 Å². The maximum atomic E-state index is 3.38. The molecule has 0 radical (unpaired) electrons. The molecule has 3 nitrogen and oxygen atoms in total. The maximum absolute atomic E-state index is 3.38. The van der Waals surface area contributed by atoms with Gasteiger partial charge in [-0.05, 0) is 57.1 Å². The zero-order valence-corrected chi connectivity index (χ0v) is 13.4. The largest absolute Gasteiger partial charge is 0.373 e. The maximum Gasteiger partial charge on any atom is 0.0394 e. The van der Waals surface area contributed by atoms with Gasteiger partial charge >= 0.3 is 0 Å². The molecule has 1 atom stereocenters. The molecule has 0 saturated carbocycles. The zero-order chi connectivity index (χ0) is 14.5. The first-order valence-electron chi connectivity index (χ1n) is 7.83. The zero-order valence-electron chi connectivity index (χ0n) is 13.4. The standard InChI is InChI=1S/C17H29N3/c1-5-18-12-15-8-9-17(14(2)11-15)20(4)13-16-7-6-10-19(16)3/h8-9,11,16,18H,5-7,10,12-13H2,1-4H3. The number of nitrogens with one attached hydrogen (secondary N) is 1. The molecular weight excluding hydrogens is 246 g/mol. The van der Waals surface area contributed by atoms with Crippen LogP contribution < -0.4 is 10.2 Å². The average Bonchev–Trinajstić information content (AvgIpc) is 2.82. The number of anilines is 1. The molecule has 1 aromatic carbocycles. The van der Waals surface area contributed by atoms with Crippen LogP contribution in [0.2, 0.25) is 0 Å². The Labute approximate surface area is 124 Å². The van der Waals surface area contributed by atoms with E-state index in [2.05, 4.69) is 61.3 Å². The van der Waals surface area contributed by atoms with Crippen molar-refractivity contribution in [3.63, 3.8) is 0 Å². The molecule has 1 aliphatic heterocycles. The lowest BCUT2D eigenvalue weighted by Crippen LogP contribution is -2.36. The Bertz CT molecular complexity index is 430. The smallest absolute Gasteiger partial charge is 0.0394 e. The summed E-state index contributed by atoms with van der Waals surface area (Å²) >= 11 is 0. The van der Waals surface area contributed by atoms with Gasteiger partial charge in [0.05, 0.1) is 0 Å². The molecule has 20 heavy (non-hydrogen) atoms. The fraction of sp³-hybridized carbons (Fsp3) is 0.647. The van der Waals surface area contributed by atoms with Gasteiger partial charge in [-0.1, -0.05) is 19.1 Å². The highest BCUT2D eigenvalue weighted by molar-refractivity contribution is 5.54. The molecule has 1 unspecified atom stereocenters. The third kappa shape index (κ3) is 3.74. The lowest BCUT2D eigenvalue weighted by Gasteiger charge is -2.28. The van der Waals surface area contributed by atoms with Crippen molar-refractivity contribution < 1.29 is 0 Å². The summed E-state index contributed by atoms with van der Waals surface area (Å²) < 4.78 is 0. The number of likely N-dealkylation sites (tertiary alicyclic amines) is 1. The molecule has 1 aromatic rings. The summed E-state index contributed by atoms with van der Waals surface area (Å²) in [5, 5.41) is 3.38. The first-order chi connectivity index (χ1) is 9.61. The SMILES string of the molecule is CCNCc1ccc(N(C)CC2CCCN2C)c(C)c1. The lowest BCUT2D eigenvalue weighted by atomic mass is 10.1. The van der Waals surface area contributed by atoms with E-state index in [1.165, 1.54) is 36.2 Å². The van der Waals surface area contributed by atoms with Gasteiger partial charge in [-0.3, -0.25) is 0 Å². The van der Waals surface area contributed by atoms with Crippen LogP contribution >= 0.6 is 0 Å². The number of hydrogen-bond acceptors (Lipinski definition) is 3. The minimum absolute atomic E-state index is 0.709. The van der Waals surface area contributed by atoms with E-state index in [-0.39, 0.29) is 0 Å². The molecule has 0 bridgehead atoms. The molecule has 0 aromatic heterocycles. The van der Waals surface area contributed by atoms with Crippen LogP contribution in [0.3, 0.4) is 0 Å². The Balaban J connectivity index is 2.00. The van der Waals surface area contributed by atoms with E-state index in [1.54, 1.807) is 0 Å². The Hall–Kier alpha value is -1.06. The first-order valence-corrected chi connectivity index (χ1v) is 7.83. The van der Waals surface area contributed by atoms with E-state index < -0.39 is 0 Å². The molecule has 112 valence electrons. The summed E-state index contributed by atoms with van der Waals surface area (Å²) in [5.74, 6) is 0. The fourth-order valence-corrected chi connectivity index (χ4v) is 3.15. The van der Waals surface area contributed by atoms with Gasteiger partial charge in [-0.15, -0.1) is 0 Å². The number of likely N-dealkylation sites (N-methyl/N-ethyl adjacent to an activating group) is 2. The normalized spacial score (nSPS) is 19.5. The number of hydrogen-bond donors (Lipinski definition) is 1. The highest BCUT2D eigenvalue weighted by atomic mass is 15.2. The van der Waals surface area contributed by atoms with Gasteiger partial charge in [-0.25, -0.2) is 0 Å². The van der Waals surface area contributed by atoms with Crippen LogP contribution in [-0.2, 0) is 6.54 Å². The quantitative estimate of drug-likeness (QED) is 0.861. The molecule has 2 rings (SSSR count). The molecule has 1 saturated heterocycles. The molecule has 1 fully saturated rings. The summed E-state index contributed by atoms with van der Waals surface area (Å²) in [6.07, 6.45) is 2.67.